The molecule has 150 valence electrons. The van der Waals surface area contributed by atoms with Crippen LogP contribution in [-0.4, -0.2) is 36.7 Å². The number of rotatable bonds is 11. The Labute approximate surface area is 164 Å². The van der Waals surface area contributed by atoms with E-state index in [1.165, 1.54) is 12.3 Å². The predicted molar refractivity (Wildman–Crippen MR) is 106 cm³/mol. The predicted octanol–water partition coefficient (Wildman–Crippen LogP) is 2.73. The fourth-order valence-electron chi connectivity index (χ4n) is 2.28. The SMILES string of the molecule is CCCCOc1ccc(C(=O)NC(=Cc2ccco2)C(=O)NCCCO)cc1. The van der Waals surface area contributed by atoms with E-state index in [9.17, 15) is 9.59 Å². The first kappa shape index (κ1) is 21.2. The van der Waals surface area contributed by atoms with Crippen LogP contribution in [0, 0.1) is 0 Å². The Hall–Kier alpha value is -3.06. The highest BCUT2D eigenvalue weighted by Crippen LogP contribution is 2.14. The molecule has 2 rings (SSSR count). The van der Waals surface area contributed by atoms with Crippen molar-refractivity contribution < 1.29 is 23.8 Å². The molecule has 0 saturated heterocycles. The molecule has 1 heterocycles. The summed E-state index contributed by atoms with van der Waals surface area (Å²) < 4.78 is 10.8. The average Bonchev–Trinajstić information content (AvgIpc) is 3.21. The van der Waals surface area contributed by atoms with Gasteiger partial charge in [0.1, 0.15) is 17.2 Å². The molecule has 0 saturated carbocycles. The first-order valence-corrected chi connectivity index (χ1v) is 9.32. The maximum atomic E-state index is 12.5. The Morgan fingerprint density at radius 3 is 2.61 bits per heavy atom. The van der Waals surface area contributed by atoms with Gasteiger partial charge in [0.05, 0.1) is 12.9 Å². The maximum Gasteiger partial charge on any atom is 0.267 e. The van der Waals surface area contributed by atoms with Crippen molar-refractivity contribution in [3.63, 3.8) is 0 Å². The van der Waals surface area contributed by atoms with Gasteiger partial charge in [-0.3, -0.25) is 9.59 Å². The monoisotopic (exact) mass is 386 g/mol. The van der Waals surface area contributed by atoms with Crippen LogP contribution in [0.3, 0.4) is 0 Å². The molecule has 0 fully saturated rings. The van der Waals surface area contributed by atoms with Crippen molar-refractivity contribution in [2.45, 2.75) is 26.2 Å². The summed E-state index contributed by atoms with van der Waals surface area (Å²) in [6.45, 7) is 2.98. The molecule has 0 aliphatic carbocycles. The van der Waals surface area contributed by atoms with E-state index >= 15 is 0 Å². The van der Waals surface area contributed by atoms with Gasteiger partial charge in [0.25, 0.3) is 11.8 Å². The lowest BCUT2D eigenvalue weighted by atomic mass is 10.2. The Morgan fingerprint density at radius 1 is 1.18 bits per heavy atom. The molecule has 0 aliphatic rings. The highest BCUT2D eigenvalue weighted by atomic mass is 16.5. The number of carbonyl (C=O) groups excluding carboxylic acids is 2. The van der Waals surface area contributed by atoms with Crippen molar-refractivity contribution in [2.75, 3.05) is 19.8 Å². The topological polar surface area (TPSA) is 101 Å². The van der Waals surface area contributed by atoms with Crippen molar-refractivity contribution in [1.82, 2.24) is 10.6 Å². The number of unbranched alkanes of at least 4 members (excludes halogenated alkanes) is 1. The zero-order valence-electron chi connectivity index (χ0n) is 15.9. The van der Waals surface area contributed by atoms with E-state index < -0.39 is 11.8 Å². The van der Waals surface area contributed by atoms with E-state index in [1.807, 2.05) is 0 Å². The third kappa shape index (κ3) is 6.92. The minimum absolute atomic E-state index is 0.0312. The van der Waals surface area contributed by atoms with E-state index in [2.05, 4.69) is 17.6 Å². The second-order valence-corrected chi connectivity index (χ2v) is 6.09. The van der Waals surface area contributed by atoms with Crippen LogP contribution in [-0.2, 0) is 4.79 Å². The zero-order chi connectivity index (χ0) is 20.2. The fraction of sp³-hybridized carbons (Fsp3) is 0.333. The second kappa shape index (κ2) is 11.6. The van der Waals surface area contributed by atoms with Crippen molar-refractivity contribution >= 4 is 17.9 Å². The molecule has 2 amide bonds. The summed E-state index contributed by atoms with van der Waals surface area (Å²) >= 11 is 0. The highest BCUT2D eigenvalue weighted by molar-refractivity contribution is 6.05. The lowest BCUT2D eigenvalue weighted by molar-refractivity contribution is -0.117. The lowest BCUT2D eigenvalue weighted by Gasteiger charge is -2.11. The zero-order valence-corrected chi connectivity index (χ0v) is 15.9. The summed E-state index contributed by atoms with van der Waals surface area (Å²) in [5.41, 5.74) is 0.456. The smallest absolute Gasteiger partial charge is 0.267 e. The number of hydrogen-bond donors (Lipinski definition) is 3. The minimum atomic E-state index is -0.460. The van der Waals surface area contributed by atoms with E-state index in [-0.39, 0.29) is 12.3 Å². The number of amides is 2. The molecule has 0 spiro atoms. The van der Waals surface area contributed by atoms with Crippen LogP contribution in [0.25, 0.3) is 6.08 Å². The normalized spacial score (nSPS) is 11.1. The fourth-order valence-corrected chi connectivity index (χ4v) is 2.28. The Kier molecular flexibility index (Phi) is 8.81. The number of aliphatic hydroxyl groups is 1. The van der Waals surface area contributed by atoms with Gasteiger partial charge in [-0.2, -0.15) is 0 Å². The molecule has 2 aromatic rings. The summed E-state index contributed by atoms with van der Waals surface area (Å²) in [4.78, 5) is 24.9. The van der Waals surface area contributed by atoms with E-state index in [1.54, 1.807) is 36.4 Å². The second-order valence-electron chi connectivity index (χ2n) is 6.09. The van der Waals surface area contributed by atoms with E-state index in [0.717, 1.165) is 12.8 Å². The number of aliphatic hydroxyl groups excluding tert-OH is 1. The van der Waals surface area contributed by atoms with Crippen LogP contribution in [0.5, 0.6) is 5.75 Å². The highest BCUT2D eigenvalue weighted by Gasteiger charge is 2.15. The van der Waals surface area contributed by atoms with Gasteiger partial charge in [-0.25, -0.2) is 0 Å². The summed E-state index contributed by atoms with van der Waals surface area (Å²) in [6, 6.07) is 10.1. The van der Waals surface area contributed by atoms with Crippen LogP contribution < -0.4 is 15.4 Å². The van der Waals surface area contributed by atoms with Crippen LogP contribution in [0.15, 0.2) is 52.8 Å². The number of benzene rings is 1. The molecule has 0 radical (unpaired) electrons. The number of hydrogen-bond acceptors (Lipinski definition) is 5. The number of carbonyl (C=O) groups is 2. The lowest BCUT2D eigenvalue weighted by Crippen LogP contribution is -2.35. The number of ether oxygens (including phenoxy) is 1. The molecule has 7 heteroatoms. The first-order chi connectivity index (χ1) is 13.6. The Balaban J connectivity index is 2.05. The molecule has 28 heavy (non-hydrogen) atoms. The van der Waals surface area contributed by atoms with Crippen molar-refractivity contribution in [3.05, 3.63) is 59.7 Å². The minimum Gasteiger partial charge on any atom is -0.494 e. The number of nitrogens with one attached hydrogen (secondary N) is 2. The quantitative estimate of drug-likeness (QED) is 0.407. The average molecular weight is 386 g/mol. The maximum absolute atomic E-state index is 12.5. The summed E-state index contributed by atoms with van der Waals surface area (Å²) in [7, 11) is 0. The molecule has 0 unspecified atom stereocenters. The Bertz CT molecular complexity index is 767. The third-order valence-electron chi connectivity index (χ3n) is 3.83. The van der Waals surface area contributed by atoms with Crippen LogP contribution >= 0.6 is 0 Å². The van der Waals surface area contributed by atoms with Gasteiger partial charge < -0.3 is 24.9 Å². The van der Waals surface area contributed by atoms with E-state index in [0.29, 0.717) is 36.6 Å². The van der Waals surface area contributed by atoms with Crippen molar-refractivity contribution in [3.8, 4) is 5.75 Å². The van der Waals surface area contributed by atoms with Gasteiger partial charge >= 0.3 is 0 Å². The standard InChI is InChI=1S/C21H26N2O5/c1-2-3-13-27-17-9-7-16(8-10-17)20(25)23-19(15-18-6-4-14-28-18)21(26)22-11-5-12-24/h4,6-10,14-15,24H,2-3,5,11-13H2,1H3,(H,22,26)(H,23,25). The molecular formula is C21H26N2O5. The first-order valence-electron chi connectivity index (χ1n) is 9.32. The van der Waals surface area contributed by atoms with Crippen LogP contribution in [0.2, 0.25) is 0 Å². The van der Waals surface area contributed by atoms with Gasteiger partial charge in [0, 0.05) is 24.8 Å². The summed E-state index contributed by atoms with van der Waals surface area (Å²) in [6.07, 6.45) is 5.37. The van der Waals surface area contributed by atoms with Crippen LogP contribution in [0.1, 0.15) is 42.3 Å². The van der Waals surface area contributed by atoms with Crippen molar-refractivity contribution in [1.29, 1.82) is 0 Å². The molecule has 3 N–H and O–H groups in total. The molecule has 1 aromatic carbocycles. The molecule has 0 atom stereocenters. The summed E-state index contributed by atoms with van der Waals surface area (Å²) in [5, 5.41) is 14.1. The van der Waals surface area contributed by atoms with Gasteiger partial charge in [0.2, 0.25) is 0 Å². The molecule has 0 bridgehead atoms. The van der Waals surface area contributed by atoms with Crippen molar-refractivity contribution in [2.24, 2.45) is 0 Å². The van der Waals surface area contributed by atoms with Gasteiger partial charge in [-0.05, 0) is 49.2 Å². The molecule has 1 aromatic heterocycles. The Morgan fingerprint density at radius 2 is 1.96 bits per heavy atom. The summed E-state index contributed by atoms with van der Waals surface area (Å²) in [5.74, 6) is 0.248. The molecular weight excluding hydrogens is 360 g/mol. The van der Waals surface area contributed by atoms with Gasteiger partial charge in [-0.1, -0.05) is 13.3 Å². The van der Waals surface area contributed by atoms with Crippen LogP contribution in [0.4, 0.5) is 0 Å². The van der Waals surface area contributed by atoms with Gasteiger partial charge in [0.15, 0.2) is 0 Å². The largest absolute Gasteiger partial charge is 0.494 e. The number of furan rings is 1. The molecule has 0 aliphatic heterocycles. The van der Waals surface area contributed by atoms with E-state index in [4.69, 9.17) is 14.3 Å². The van der Waals surface area contributed by atoms with Gasteiger partial charge in [-0.15, -0.1) is 0 Å². The molecule has 7 nitrogen and oxygen atoms in total. The third-order valence-corrected chi connectivity index (χ3v) is 3.83.